The summed E-state index contributed by atoms with van der Waals surface area (Å²) < 4.78 is 7.70. The first kappa shape index (κ1) is 26.9. The second-order valence-corrected chi connectivity index (χ2v) is 10.9. The Labute approximate surface area is 237 Å². The Morgan fingerprint density at radius 3 is 2.76 bits per heavy atom. The van der Waals surface area contributed by atoms with Gasteiger partial charge < -0.3 is 39.7 Å². The van der Waals surface area contributed by atoms with E-state index in [-0.39, 0.29) is 24.6 Å². The van der Waals surface area contributed by atoms with Crippen molar-refractivity contribution >= 4 is 27.5 Å². The van der Waals surface area contributed by atoms with Gasteiger partial charge in [-0.25, -0.2) is 4.98 Å². The number of anilines is 1. The largest absolute Gasteiger partial charge is 0.494 e. The monoisotopic (exact) mass is 556 g/mol. The van der Waals surface area contributed by atoms with Crippen LogP contribution in [0.3, 0.4) is 0 Å². The van der Waals surface area contributed by atoms with Gasteiger partial charge in [0, 0.05) is 42.8 Å². The number of aromatic amines is 2. The van der Waals surface area contributed by atoms with Gasteiger partial charge in [-0.1, -0.05) is 17.7 Å². The number of nitrogens with zero attached hydrogens (tertiary/aromatic N) is 3. The van der Waals surface area contributed by atoms with E-state index in [4.69, 9.17) is 9.72 Å². The van der Waals surface area contributed by atoms with E-state index in [9.17, 15) is 15.0 Å². The third-order valence-corrected chi connectivity index (χ3v) is 7.80. The van der Waals surface area contributed by atoms with Gasteiger partial charge >= 0.3 is 0 Å². The third kappa shape index (κ3) is 5.66. The predicted molar refractivity (Wildman–Crippen MR) is 161 cm³/mol. The molecule has 10 nitrogen and oxygen atoms in total. The van der Waals surface area contributed by atoms with Gasteiger partial charge in [0.2, 0.25) is 0 Å². The summed E-state index contributed by atoms with van der Waals surface area (Å²) >= 11 is 0. The van der Waals surface area contributed by atoms with Crippen molar-refractivity contribution in [2.45, 2.75) is 39.3 Å². The highest BCUT2D eigenvalue weighted by atomic mass is 16.5. The van der Waals surface area contributed by atoms with Gasteiger partial charge in [0.1, 0.15) is 29.8 Å². The first-order chi connectivity index (χ1) is 19.9. The van der Waals surface area contributed by atoms with E-state index in [1.54, 1.807) is 12.3 Å². The smallest absolute Gasteiger partial charge is 0.261 e. The number of aryl methyl sites for hydroxylation is 2. The molecule has 0 spiro atoms. The molecule has 0 saturated carbocycles. The van der Waals surface area contributed by atoms with Gasteiger partial charge in [0.15, 0.2) is 5.88 Å². The number of aliphatic hydroxyl groups excluding tert-OH is 1. The number of rotatable bonds is 10. The molecule has 5 aromatic rings. The highest BCUT2D eigenvalue weighted by Gasteiger charge is 2.18. The number of ether oxygens (including phenoxy) is 1. The van der Waals surface area contributed by atoms with Crippen LogP contribution in [-0.2, 0) is 6.54 Å². The number of imidazole rings is 1. The van der Waals surface area contributed by atoms with Gasteiger partial charge in [-0.2, -0.15) is 0 Å². The molecular formula is C31H36N6O4. The third-order valence-electron chi connectivity index (χ3n) is 7.80. The number of aliphatic hydroxyl groups is 1. The Balaban J connectivity index is 1.19. The molecule has 0 aliphatic carbocycles. The van der Waals surface area contributed by atoms with E-state index in [1.807, 2.05) is 54.9 Å². The van der Waals surface area contributed by atoms with Crippen LogP contribution in [0.2, 0.25) is 0 Å². The predicted octanol–water partition coefficient (Wildman–Crippen LogP) is 4.14. The molecule has 0 amide bonds. The maximum atomic E-state index is 12.9. The van der Waals surface area contributed by atoms with Gasteiger partial charge in [-0.05, 0) is 69.6 Å². The zero-order valence-corrected chi connectivity index (χ0v) is 23.4. The van der Waals surface area contributed by atoms with Crippen LogP contribution in [0.15, 0.2) is 53.6 Å². The summed E-state index contributed by atoms with van der Waals surface area (Å²) in [4.78, 5) is 26.0. The lowest BCUT2D eigenvalue weighted by Crippen LogP contribution is -2.27. The number of likely N-dealkylation sites (tertiary alicyclic amines) is 1. The highest BCUT2D eigenvalue weighted by Crippen LogP contribution is 2.32. The maximum Gasteiger partial charge on any atom is 0.261 e. The summed E-state index contributed by atoms with van der Waals surface area (Å²) in [5.41, 5.74) is 4.15. The Morgan fingerprint density at radius 2 is 1.95 bits per heavy atom. The van der Waals surface area contributed by atoms with Crippen molar-refractivity contribution in [2.75, 3.05) is 38.1 Å². The normalized spacial score (nSPS) is 14.7. The van der Waals surface area contributed by atoms with Crippen LogP contribution >= 0.6 is 0 Å². The molecule has 10 heteroatoms. The first-order valence-electron chi connectivity index (χ1n) is 14.1. The van der Waals surface area contributed by atoms with Crippen LogP contribution in [-0.4, -0.2) is 73.5 Å². The fourth-order valence-electron chi connectivity index (χ4n) is 5.60. The highest BCUT2D eigenvalue weighted by molar-refractivity contribution is 5.99. The molecule has 3 aromatic heterocycles. The number of pyridine rings is 1. The van der Waals surface area contributed by atoms with Crippen molar-refractivity contribution < 1.29 is 14.9 Å². The average molecular weight is 557 g/mol. The molecule has 6 rings (SSSR count). The van der Waals surface area contributed by atoms with E-state index in [0.717, 1.165) is 59.3 Å². The van der Waals surface area contributed by atoms with Crippen molar-refractivity contribution in [2.24, 2.45) is 0 Å². The van der Waals surface area contributed by atoms with E-state index in [1.165, 1.54) is 12.8 Å². The van der Waals surface area contributed by atoms with Crippen molar-refractivity contribution in [3.8, 4) is 23.0 Å². The fourth-order valence-corrected chi connectivity index (χ4v) is 5.60. The molecular weight excluding hydrogens is 520 g/mol. The summed E-state index contributed by atoms with van der Waals surface area (Å²) in [7, 11) is 0. The molecule has 1 aliphatic heterocycles. The minimum absolute atomic E-state index is 0.108. The van der Waals surface area contributed by atoms with Crippen LogP contribution in [0.25, 0.3) is 33.2 Å². The summed E-state index contributed by atoms with van der Waals surface area (Å²) in [5, 5.41) is 26.3. The summed E-state index contributed by atoms with van der Waals surface area (Å²) in [6, 6.07) is 11.5. The second kappa shape index (κ2) is 11.3. The topological polar surface area (TPSA) is 131 Å². The Hall–Kier alpha value is -4.28. The number of nitrogens with one attached hydrogen (secondary N) is 3. The molecule has 1 atom stereocenters. The minimum Gasteiger partial charge on any atom is -0.494 e. The fraction of sp³-hybridized carbons (Fsp3) is 0.355. The number of fused-ring (bicyclic) bond motifs is 2. The number of hydrogen-bond donors (Lipinski definition) is 5. The summed E-state index contributed by atoms with van der Waals surface area (Å²) in [5.74, 6) is 1.36. The molecule has 1 fully saturated rings. The number of aromatic hydroxyl groups is 1. The molecule has 0 bridgehead atoms. The minimum atomic E-state index is -0.802. The van der Waals surface area contributed by atoms with E-state index >= 15 is 0 Å². The van der Waals surface area contributed by atoms with Gasteiger partial charge in [-0.15, -0.1) is 0 Å². The summed E-state index contributed by atoms with van der Waals surface area (Å²) in [6.45, 7) is 8.16. The lowest BCUT2D eigenvalue weighted by molar-refractivity contribution is 0.117. The van der Waals surface area contributed by atoms with Crippen molar-refractivity contribution in [1.82, 2.24) is 24.4 Å². The maximum absolute atomic E-state index is 12.9. The zero-order valence-electron chi connectivity index (χ0n) is 23.4. The first-order valence-corrected chi connectivity index (χ1v) is 14.1. The molecule has 41 heavy (non-hydrogen) atoms. The zero-order chi connectivity index (χ0) is 28.5. The van der Waals surface area contributed by atoms with E-state index in [2.05, 4.69) is 20.2 Å². The molecule has 0 unspecified atom stereocenters. The summed E-state index contributed by atoms with van der Waals surface area (Å²) in [6.07, 6.45) is 5.20. The second-order valence-electron chi connectivity index (χ2n) is 10.9. The van der Waals surface area contributed by atoms with E-state index < -0.39 is 6.10 Å². The molecule has 1 saturated heterocycles. The number of H-pyrrole nitrogens is 2. The van der Waals surface area contributed by atoms with Crippen molar-refractivity contribution in [3.63, 3.8) is 0 Å². The molecule has 0 radical (unpaired) electrons. The number of hydrogen-bond acceptors (Lipinski definition) is 7. The lowest BCUT2D eigenvalue weighted by Gasteiger charge is -2.16. The van der Waals surface area contributed by atoms with Crippen molar-refractivity contribution in [1.29, 1.82) is 0 Å². The van der Waals surface area contributed by atoms with Crippen molar-refractivity contribution in [3.05, 3.63) is 70.3 Å². The quantitative estimate of drug-likeness (QED) is 0.175. The molecule has 4 heterocycles. The van der Waals surface area contributed by atoms with Gasteiger partial charge in [0.05, 0.1) is 16.7 Å². The SMILES string of the molecule is Cc1ccc(OC[C@H](O)CNc2cc[nH]c(=O)c2-c2nc3cc4c(O)n(CCN5CCCC5)cc4cc3[nH]2)c(C)c1. The molecule has 1 aliphatic rings. The van der Waals surface area contributed by atoms with Crippen LogP contribution < -0.4 is 15.6 Å². The Kier molecular flexibility index (Phi) is 7.42. The number of aromatic nitrogens is 4. The molecule has 214 valence electrons. The van der Waals surface area contributed by atoms with Gasteiger partial charge in [-0.3, -0.25) is 4.79 Å². The number of benzene rings is 2. The average Bonchev–Trinajstić information content (AvgIpc) is 3.68. The lowest BCUT2D eigenvalue weighted by atomic mass is 10.1. The van der Waals surface area contributed by atoms with Crippen LogP contribution in [0.5, 0.6) is 11.6 Å². The Morgan fingerprint density at radius 1 is 1.12 bits per heavy atom. The standard InChI is InChI=1S/C31H36N6O4/c1-19-5-6-27(20(2)13-19)41-18-22(38)16-33-24-7-8-32-30(39)28(24)29-34-25-14-21-17-37(12-11-36-9-3-4-10-36)31(40)23(21)15-26(25)35-29/h5-8,13-15,17,22,38,40H,3-4,9-12,16,18H2,1-2H3,(H,34,35)(H2,32,33,39)/t22-/m1/s1. The Bertz CT molecular complexity index is 1750. The van der Waals surface area contributed by atoms with Crippen LogP contribution in [0.4, 0.5) is 5.69 Å². The molecule has 5 N–H and O–H groups in total. The van der Waals surface area contributed by atoms with E-state index in [0.29, 0.717) is 22.6 Å². The van der Waals surface area contributed by atoms with Gasteiger partial charge in [0.25, 0.3) is 5.56 Å². The van der Waals surface area contributed by atoms with Crippen LogP contribution in [0.1, 0.15) is 24.0 Å². The molecule has 2 aromatic carbocycles. The van der Waals surface area contributed by atoms with Crippen LogP contribution in [0, 0.1) is 13.8 Å².